The highest BCUT2D eigenvalue weighted by molar-refractivity contribution is 8.13. The van der Waals surface area contributed by atoms with Crippen molar-refractivity contribution in [3.63, 3.8) is 0 Å². The highest BCUT2D eigenvalue weighted by Crippen LogP contribution is 2.42. The summed E-state index contributed by atoms with van der Waals surface area (Å²) in [7, 11) is -2.88. The van der Waals surface area contributed by atoms with E-state index in [-0.39, 0.29) is 30.4 Å². The van der Waals surface area contributed by atoms with Crippen molar-refractivity contribution in [1.82, 2.24) is 9.62 Å². The number of sulfonamides is 1. The number of nitrogens with two attached hydrogens (primary N) is 1. The summed E-state index contributed by atoms with van der Waals surface area (Å²) in [4.78, 5) is 17.8. The van der Waals surface area contributed by atoms with Crippen molar-refractivity contribution in [2.45, 2.75) is 10.8 Å². The van der Waals surface area contributed by atoms with Crippen molar-refractivity contribution in [3.8, 4) is 0 Å². The summed E-state index contributed by atoms with van der Waals surface area (Å²) in [5.74, 6) is -1.84. The van der Waals surface area contributed by atoms with Crippen LogP contribution in [0.15, 0.2) is 35.8 Å². The summed E-state index contributed by atoms with van der Waals surface area (Å²) in [6, 6.07) is 2.73. The van der Waals surface area contributed by atoms with E-state index in [1.165, 1.54) is 13.1 Å². The topological polar surface area (TPSA) is 114 Å². The fraction of sp³-hybridized carbons (Fsp3) is 0.412. The zero-order valence-corrected chi connectivity index (χ0v) is 17.5. The average Bonchev–Trinajstić information content (AvgIpc) is 3.06. The molecule has 1 aromatic carbocycles. The number of nitrogens with zero attached hydrogens (tertiary/aromatic N) is 2. The number of carbonyl (C=O) groups excluding carboxylic acids is 1. The van der Waals surface area contributed by atoms with Crippen molar-refractivity contribution in [3.05, 3.63) is 48.1 Å². The van der Waals surface area contributed by atoms with Gasteiger partial charge in [-0.1, -0.05) is 30.5 Å². The van der Waals surface area contributed by atoms with Gasteiger partial charge in [0.05, 0.1) is 6.54 Å². The first kappa shape index (κ1) is 23.1. The summed E-state index contributed by atoms with van der Waals surface area (Å²) >= 11 is 1.03. The Morgan fingerprint density at radius 1 is 1.55 bits per heavy atom. The molecule has 0 spiro atoms. The average molecular weight is 449 g/mol. The van der Waals surface area contributed by atoms with Crippen LogP contribution in [0.3, 0.4) is 0 Å². The Labute approximate surface area is 172 Å². The molecule has 1 aromatic rings. The van der Waals surface area contributed by atoms with Gasteiger partial charge in [0.25, 0.3) is 0 Å². The molecule has 160 valence electrons. The van der Waals surface area contributed by atoms with Gasteiger partial charge in [-0.15, -0.1) is 0 Å². The third-order valence-electron chi connectivity index (χ3n) is 4.51. The molecule has 1 saturated heterocycles. The third kappa shape index (κ3) is 4.70. The van der Waals surface area contributed by atoms with Gasteiger partial charge in [-0.25, -0.2) is 31.7 Å². The zero-order valence-electron chi connectivity index (χ0n) is 15.9. The van der Waals surface area contributed by atoms with Crippen molar-refractivity contribution >= 4 is 33.0 Å². The van der Waals surface area contributed by atoms with Gasteiger partial charge >= 0.3 is 6.09 Å². The summed E-state index contributed by atoms with van der Waals surface area (Å²) in [5.41, 5.74) is 3.86. The number of hydrogen-bond acceptors (Lipinski definition) is 6. The molecule has 29 heavy (non-hydrogen) atoms. The van der Waals surface area contributed by atoms with E-state index in [1.807, 2.05) is 0 Å². The molecule has 0 aromatic heterocycles. The lowest BCUT2D eigenvalue weighted by Gasteiger charge is -2.31. The number of halogens is 2. The van der Waals surface area contributed by atoms with E-state index in [0.29, 0.717) is 6.07 Å². The first-order valence-corrected chi connectivity index (χ1v) is 11.2. The SMILES string of the molecule is C=CCOC(=O)N1C[C@@H](S(=O)(=O)NC)[C@](N=C(N)SC)(c2ccc(F)cc2F)C1. The molecule has 0 saturated carbocycles. The van der Waals surface area contributed by atoms with E-state index in [0.717, 1.165) is 28.8 Å². The van der Waals surface area contributed by atoms with Crippen LogP contribution in [-0.2, 0) is 20.3 Å². The zero-order chi connectivity index (χ0) is 21.8. The van der Waals surface area contributed by atoms with E-state index < -0.39 is 38.5 Å². The predicted octanol–water partition coefficient (Wildman–Crippen LogP) is 1.39. The highest BCUT2D eigenvalue weighted by Gasteiger charge is 2.56. The molecule has 0 unspecified atom stereocenters. The Balaban J connectivity index is 2.72. The van der Waals surface area contributed by atoms with Crippen LogP contribution >= 0.6 is 11.8 Å². The maximum atomic E-state index is 14.8. The molecular weight excluding hydrogens is 426 g/mol. The van der Waals surface area contributed by atoms with E-state index in [4.69, 9.17) is 10.5 Å². The molecule has 0 bridgehead atoms. The van der Waals surface area contributed by atoms with Crippen LogP contribution in [0, 0.1) is 11.6 Å². The normalized spacial score (nSPS) is 22.6. The number of hydrogen-bond donors (Lipinski definition) is 2. The molecule has 8 nitrogen and oxygen atoms in total. The molecular formula is C17H22F2N4O4S2. The van der Waals surface area contributed by atoms with E-state index in [1.54, 1.807) is 6.26 Å². The molecule has 1 aliphatic rings. The predicted molar refractivity (Wildman–Crippen MR) is 108 cm³/mol. The van der Waals surface area contributed by atoms with Gasteiger partial charge in [-0.2, -0.15) is 0 Å². The van der Waals surface area contributed by atoms with Gasteiger partial charge in [0.2, 0.25) is 10.0 Å². The second-order valence-corrected chi connectivity index (χ2v) is 9.08. The van der Waals surface area contributed by atoms with Gasteiger partial charge in [0, 0.05) is 18.2 Å². The minimum Gasteiger partial charge on any atom is -0.445 e. The summed E-state index contributed by atoms with van der Waals surface area (Å²) in [6.45, 7) is 2.69. The minimum atomic E-state index is -4.07. The Morgan fingerprint density at radius 3 is 2.79 bits per heavy atom. The number of aliphatic imine (C=N–C) groups is 1. The van der Waals surface area contributed by atoms with Crippen molar-refractivity contribution < 1.29 is 26.7 Å². The molecule has 0 aliphatic carbocycles. The fourth-order valence-electron chi connectivity index (χ4n) is 3.18. The summed E-state index contributed by atoms with van der Waals surface area (Å²) in [6.07, 6.45) is 2.15. The van der Waals surface area contributed by atoms with E-state index >= 15 is 0 Å². The number of carbonyl (C=O) groups is 1. The van der Waals surface area contributed by atoms with Gasteiger partial charge < -0.3 is 15.4 Å². The highest BCUT2D eigenvalue weighted by atomic mass is 32.2. The molecule has 2 atom stereocenters. The second-order valence-electron chi connectivity index (χ2n) is 6.19. The first-order valence-electron chi connectivity index (χ1n) is 8.41. The lowest BCUT2D eigenvalue weighted by Crippen LogP contribution is -2.47. The Morgan fingerprint density at radius 2 is 2.24 bits per heavy atom. The number of benzene rings is 1. The quantitative estimate of drug-likeness (QED) is 0.386. The molecule has 1 aliphatic heterocycles. The first-order chi connectivity index (χ1) is 13.6. The van der Waals surface area contributed by atoms with E-state index in [9.17, 15) is 22.0 Å². The van der Waals surface area contributed by atoms with Crippen LogP contribution in [0.5, 0.6) is 0 Å². The summed E-state index contributed by atoms with van der Waals surface area (Å²) < 4.78 is 61.1. The molecule has 12 heteroatoms. The fourth-order valence-corrected chi connectivity index (χ4v) is 4.86. The lowest BCUT2D eigenvalue weighted by molar-refractivity contribution is 0.119. The van der Waals surface area contributed by atoms with Crippen molar-refractivity contribution in [2.75, 3.05) is 33.0 Å². The maximum absolute atomic E-state index is 14.8. The molecule has 0 radical (unpaired) electrons. The minimum absolute atomic E-state index is 0.0219. The standard InChI is InChI=1S/C17H22F2N4O4S2/c1-4-7-27-16(24)23-9-14(29(25,26)21-2)17(10-23,22-15(20)28-3)12-6-5-11(18)8-13(12)19/h4-6,8,14,21H,1,7,9-10H2,2-3H3,(H2,20,22)/t14-,17-/m1/s1. The number of amides is 1. The Kier molecular flexibility index (Phi) is 7.25. The smallest absolute Gasteiger partial charge is 0.410 e. The number of ether oxygens (including phenoxy) is 1. The van der Waals surface area contributed by atoms with Gasteiger partial charge in [0.15, 0.2) is 5.17 Å². The van der Waals surface area contributed by atoms with Crippen LogP contribution in [-0.4, -0.2) is 62.8 Å². The van der Waals surface area contributed by atoms with Crippen LogP contribution in [0.2, 0.25) is 0 Å². The third-order valence-corrected chi connectivity index (χ3v) is 6.88. The lowest BCUT2D eigenvalue weighted by atomic mass is 9.88. The number of nitrogens with one attached hydrogen (secondary N) is 1. The molecule has 3 N–H and O–H groups in total. The maximum Gasteiger partial charge on any atom is 0.410 e. The summed E-state index contributed by atoms with van der Waals surface area (Å²) in [5, 5.41) is -1.42. The monoisotopic (exact) mass is 448 g/mol. The van der Waals surface area contributed by atoms with Crippen LogP contribution in [0.4, 0.5) is 13.6 Å². The van der Waals surface area contributed by atoms with Crippen molar-refractivity contribution in [1.29, 1.82) is 0 Å². The van der Waals surface area contributed by atoms with Crippen LogP contribution < -0.4 is 10.5 Å². The van der Waals surface area contributed by atoms with Crippen LogP contribution in [0.25, 0.3) is 0 Å². The number of thioether (sulfide) groups is 1. The van der Waals surface area contributed by atoms with Crippen molar-refractivity contribution in [2.24, 2.45) is 10.7 Å². The van der Waals surface area contributed by atoms with Crippen LogP contribution in [0.1, 0.15) is 5.56 Å². The molecule has 2 rings (SSSR count). The molecule has 1 heterocycles. The van der Waals surface area contributed by atoms with Gasteiger partial charge in [-0.05, 0) is 19.4 Å². The largest absolute Gasteiger partial charge is 0.445 e. The number of amidine groups is 1. The Hall–Kier alpha value is -2.18. The molecule has 1 amide bonds. The molecule has 1 fully saturated rings. The van der Waals surface area contributed by atoms with Gasteiger partial charge in [0.1, 0.15) is 29.0 Å². The number of rotatable bonds is 6. The second kappa shape index (κ2) is 9.09. The van der Waals surface area contributed by atoms with Gasteiger partial charge in [-0.3, -0.25) is 0 Å². The van der Waals surface area contributed by atoms with E-state index in [2.05, 4.69) is 16.3 Å². The number of likely N-dealkylation sites (tertiary alicyclic amines) is 1. The Bertz CT molecular complexity index is 926.